The summed E-state index contributed by atoms with van der Waals surface area (Å²) in [5, 5.41) is 19.3. The monoisotopic (exact) mass is 376 g/mol. The molecule has 0 aromatic heterocycles. The van der Waals surface area contributed by atoms with Crippen LogP contribution in [-0.4, -0.2) is 34.0 Å². The Labute approximate surface area is 164 Å². The Morgan fingerprint density at radius 1 is 1.22 bits per heavy atom. The Hall–Kier alpha value is -1.52. The number of Topliss-reactive ketones (excluding diaryl/α,β-unsaturated/α-hetero) is 1. The maximum atomic E-state index is 12.1. The van der Waals surface area contributed by atoms with E-state index in [4.69, 9.17) is 5.11 Å². The van der Waals surface area contributed by atoms with Crippen LogP contribution in [0, 0.1) is 11.8 Å². The van der Waals surface area contributed by atoms with E-state index in [1.54, 1.807) is 6.08 Å². The third-order valence-corrected chi connectivity index (χ3v) is 5.38. The van der Waals surface area contributed by atoms with Gasteiger partial charge in [-0.25, -0.2) is 0 Å². The molecule has 0 radical (unpaired) electrons. The number of hydrogen-bond acceptors (Lipinski definition) is 4. The summed E-state index contributed by atoms with van der Waals surface area (Å²) in [4.78, 5) is 23.2. The zero-order valence-corrected chi connectivity index (χ0v) is 16.9. The van der Waals surface area contributed by atoms with Crippen molar-refractivity contribution in [2.24, 2.45) is 11.8 Å². The van der Waals surface area contributed by atoms with Gasteiger partial charge in [0.05, 0.1) is 5.60 Å². The van der Waals surface area contributed by atoms with E-state index in [1.807, 2.05) is 31.2 Å². The van der Waals surface area contributed by atoms with Crippen LogP contribution in [0.3, 0.4) is 0 Å². The first-order chi connectivity index (χ1) is 13.0. The van der Waals surface area contributed by atoms with Crippen LogP contribution in [0.4, 0.5) is 0 Å². The molecule has 0 spiro atoms. The van der Waals surface area contributed by atoms with Gasteiger partial charge in [-0.2, -0.15) is 0 Å². The quantitative estimate of drug-likeness (QED) is 0.350. The van der Waals surface area contributed by atoms with E-state index in [0.29, 0.717) is 19.3 Å². The summed E-state index contributed by atoms with van der Waals surface area (Å²) in [6.07, 6.45) is 18.6. The molecule has 0 aliphatic heterocycles. The summed E-state index contributed by atoms with van der Waals surface area (Å²) in [7, 11) is 0. The minimum atomic E-state index is -0.639. The van der Waals surface area contributed by atoms with E-state index in [0.717, 1.165) is 38.5 Å². The summed E-state index contributed by atoms with van der Waals surface area (Å²) >= 11 is 0. The number of unbranched alkanes of at least 4 members (excludes halogenated alkanes) is 2. The van der Waals surface area contributed by atoms with Crippen LogP contribution in [0.1, 0.15) is 71.6 Å². The van der Waals surface area contributed by atoms with E-state index in [1.165, 1.54) is 0 Å². The van der Waals surface area contributed by atoms with Crippen LogP contribution < -0.4 is 0 Å². The van der Waals surface area contributed by atoms with Crippen molar-refractivity contribution in [3.63, 3.8) is 0 Å². The largest absolute Gasteiger partial charge is 0.390 e. The van der Waals surface area contributed by atoms with Crippen LogP contribution in [0.15, 0.2) is 36.5 Å². The second-order valence-corrected chi connectivity index (χ2v) is 7.56. The van der Waals surface area contributed by atoms with Crippen molar-refractivity contribution >= 4 is 11.6 Å². The topological polar surface area (TPSA) is 74.6 Å². The third kappa shape index (κ3) is 8.81. The summed E-state index contributed by atoms with van der Waals surface area (Å²) in [5.74, 6) is 0.0450. The molecule has 0 amide bonds. The SMILES string of the molecule is CCCCC(O)(CC)C/C=C/[C@H]1C=CC(=O)[C@@H]1C/C=C\CCCC(=O)CO. The Kier molecular flexibility index (Phi) is 11.1. The van der Waals surface area contributed by atoms with Gasteiger partial charge in [0.2, 0.25) is 0 Å². The van der Waals surface area contributed by atoms with Gasteiger partial charge in [-0.1, -0.05) is 57.1 Å². The molecule has 1 aliphatic rings. The van der Waals surface area contributed by atoms with Gasteiger partial charge in [0.15, 0.2) is 11.6 Å². The average Bonchev–Trinajstić information content (AvgIpc) is 3.02. The lowest BCUT2D eigenvalue weighted by molar-refractivity contribution is -0.121. The van der Waals surface area contributed by atoms with Crippen LogP contribution in [0.25, 0.3) is 0 Å². The van der Waals surface area contributed by atoms with E-state index in [-0.39, 0.29) is 30.0 Å². The van der Waals surface area contributed by atoms with Crippen LogP contribution in [0.2, 0.25) is 0 Å². The van der Waals surface area contributed by atoms with Crippen LogP contribution in [-0.2, 0) is 9.59 Å². The van der Waals surface area contributed by atoms with Gasteiger partial charge in [-0.15, -0.1) is 0 Å². The highest BCUT2D eigenvalue weighted by Crippen LogP contribution is 2.29. The van der Waals surface area contributed by atoms with Crippen LogP contribution >= 0.6 is 0 Å². The molecule has 0 aromatic rings. The minimum Gasteiger partial charge on any atom is -0.390 e. The fourth-order valence-corrected chi connectivity index (χ4v) is 3.36. The summed E-state index contributed by atoms with van der Waals surface area (Å²) < 4.78 is 0. The maximum Gasteiger partial charge on any atom is 0.159 e. The normalized spacial score (nSPS) is 22.1. The summed E-state index contributed by atoms with van der Waals surface area (Å²) in [6.45, 7) is 3.76. The molecule has 0 bridgehead atoms. The molecular formula is C23H36O4. The van der Waals surface area contributed by atoms with Crippen molar-refractivity contribution in [1.29, 1.82) is 0 Å². The van der Waals surface area contributed by atoms with Crippen molar-refractivity contribution in [3.05, 3.63) is 36.5 Å². The molecule has 0 saturated heterocycles. The first-order valence-electron chi connectivity index (χ1n) is 10.3. The fourth-order valence-electron chi connectivity index (χ4n) is 3.36. The number of aliphatic hydroxyl groups is 2. The first-order valence-corrected chi connectivity index (χ1v) is 10.3. The molecule has 152 valence electrons. The lowest BCUT2D eigenvalue weighted by Gasteiger charge is -2.25. The summed E-state index contributed by atoms with van der Waals surface area (Å²) in [5.41, 5.74) is -0.639. The molecule has 0 heterocycles. The number of carbonyl (C=O) groups is 2. The van der Waals surface area contributed by atoms with Gasteiger partial charge in [0, 0.05) is 18.3 Å². The average molecular weight is 377 g/mol. The molecule has 0 aromatic carbocycles. The Morgan fingerprint density at radius 3 is 2.67 bits per heavy atom. The molecule has 1 unspecified atom stereocenters. The Balaban J connectivity index is 2.46. The van der Waals surface area contributed by atoms with Crippen molar-refractivity contribution < 1.29 is 19.8 Å². The van der Waals surface area contributed by atoms with Crippen molar-refractivity contribution in [2.75, 3.05) is 6.61 Å². The van der Waals surface area contributed by atoms with Crippen molar-refractivity contribution in [2.45, 2.75) is 77.2 Å². The van der Waals surface area contributed by atoms with Gasteiger partial charge in [-0.3, -0.25) is 9.59 Å². The lowest BCUT2D eigenvalue weighted by atomic mass is 9.87. The van der Waals surface area contributed by atoms with E-state index in [2.05, 4.69) is 13.0 Å². The van der Waals surface area contributed by atoms with Crippen molar-refractivity contribution in [1.82, 2.24) is 0 Å². The van der Waals surface area contributed by atoms with Gasteiger partial charge in [0.25, 0.3) is 0 Å². The summed E-state index contributed by atoms with van der Waals surface area (Å²) in [6, 6.07) is 0. The molecule has 27 heavy (non-hydrogen) atoms. The third-order valence-electron chi connectivity index (χ3n) is 5.38. The van der Waals surface area contributed by atoms with Gasteiger partial charge < -0.3 is 10.2 Å². The number of carbonyl (C=O) groups excluding carboxylic acids is 2. The second-order valence-electron chi connectivity index (χ2n) is 7.56. The van der Waals surface area contributed by atoms with Gasteiger partial charge in [0.1, 0.15) is 6.61 Å². The molecule has 0 saturated carbocycles. The molecule has 3 atom stereocenters. The molecule has 1 aliphatic carbocycles. The van der Waals surface area contributed by atoms with Crippen molar-refractivity contribution in [3.8, 4) is 0 Å². The fraction of sp³-hybridized carbons (Fsp3) is 0.652. The maximum absolute atomic E-state index is 12.1. The van der Waals surface area contributed by atoms with E-state index < -0.39 is 5.60 Å². The number of hydrogen-bond donors (Lipinski definition) is 2. The predicted molar refractivity (Wildman–Crippen MR) is 109 cm³/mol. The molecular weight excluding hydrogens is 340 g/mol. The molecule has 4 nitrogen and oxygen atoms in total. The molecule has 1 rings (SSSR count). The predicted octanol–water partition coefficient (Wildman–Crippen LogP) is 4.31. The molecule has 4 heteroatoms. The lowest BCUT2D eigenvalue weighted by Crippen LogP contribution is -2.26. The zero-order chi connectivity index (χ0) is 20.1. The highest BCUT2D eigenvalue weighted by molar-refractivity contribution is 5.95. The smallest absolute Gasteiger partial charge is 0.159 e. The minimum absolute atomic E-state index is 0.0677. The first kappa shape index (κ1) is 23.5. The Bertz CT molecular complexity index is 547. The highest BCUT2D eigenvalue weighted by Gasteiger charge is 2.27. The van der Waals surface area contributed by atoms with E-state index in [9.17, 15) is 14.7 Å². The number of allylic oxidation sites excluding steroid dienone is 5. The number of rotatable bonds is 14. The van der Waals surface area contributed by atoms with Crippen LogP contribution in [0.5, 0.6) is 0 Å². The molecule has 2 N–H and O–H groups in total. The van der Waals surface area contributed by atoms with Gasteiger partial charge in [-0.05, 0) is 44.6 Å². The second kappa shape index (κ2) is 12.8. The highest BCUT2D eigenvalue weighted by atomic mass is 16.3. The molecule has 0 fully saturated rings. The van der Waals surface area contributed by atoms with Gasteiger partial charge >= 0.3 is 0 Å². The number of aliphatic hydroxyl groups excluding tert-OH is 1. The Morgan fingerprint density at radius 2 is 2.00 bits per heavy atom. The number of ketones is 2. The standard InChI is InChI=1S/C23H36O4/c1-3-5-16-23(27,4-2)17-10-11-19-14-15-22(26)21(19)13-9-7-6-8-12-20(25)18-24/h7,9-11,14-15,19,21,24,27H,3-6,8,12-13,16-18H2,1-2H3/b9-7-,11-10+/t19-,21+,23?/m0/s1. The zero-order valence-electron chi connectivity index (χ0n) is 16.9. The van der Waals surface area contributed by atoms with E-state index >= 15 is 0 Å².